The fraction of sp³-hybridized carbons (Fsp3) is 0.333. The Morgan fingerprint density at radius 1 is 1.50 bits per heavy atom. The van der Waals surface area contributed by atoms with Crippen molar-refractivity contribution in [2.24, 2.45) is 0 Å². The number of aromatic nitrogens is 2. The van der Waals surface area contributed by atoms with Gasteiger partial charge in [-0.3, -0.25) is 9.98 Å². The van der Waals surface area contributed by atoms with Crippen LogP contribution in [0.4, 0.5) is 0 Å². The molecule has 0 bridgehead atoms. The highest BCUT2D eigenvalue weighted by atomic mass is 15.1. The summed E-state index contributed by atoms with van der Waals surface area (Å²) in [6.45, 7) is 5.92. The summed E-state index contributed by atoms with van der Waals surface area (Å²) in [6, 6.07) is 0. The average Bonchev–Trinajstić information content (AvgIpc) is 2.56. The smallest absolute Gasteiger partial charge is 0.137 e. The number of allylic oxidation sites excluding steroid dienone is 1. The molecule has 0 aliphatic rings. The van der Waals surface area contributed by atoms with Crippen LogP contribution >= 0.6 is 0 Å². The maximum atomic E-state index is 6.94. The van der Waals surface area contributed by atoms with Crippen LogP contribution in [-0.2, 0) is 0 Å². The van der Waals surface area contributed by atoms with Gasteiger partial charge >= 0.3 is 0 Å². The standard InChI is InChI=1S/C7H9N3.C2H6/c1-2-3-7-9-4-5-10(7)6-8;1-2/h2-6,8H,1H3;1-2H3/b3-2-,8-6?;. The lowest BCUT2D eigenvalue weighted by atomic mass is 10.5. The van der Waals surface area contributed by atoms with Crippen LogP contribution in [-0.4, -0.2) is 15.9 Å². The van der Waals surface area contributed by atoms with Crippen LogP contribution in [0.1, 0.15) is 26.6 Å². The van der Waals surface area contributed by atoms with Gasteiger partial charge in [-0.05, 0) is 13.0 Å². The fourth-order valence-corrected chi connectivity index (χ4v) is 0.712. The van der Waals surface area contributed by atoms with Gasteiger partial charge in [-0.1, -0.05) is 19.9 Å². The average molecular weight is 165 g/mol. The zero-order chi connectivity index (χ0) is 9.40. The van der Waals surface area contributed by atoms with E-state index in [1.54, 1.807) is 17.0 Å². The lowest BCUT2D eigenvalue weighted by molar-refractivity contribution is 1.12. The Balaban J connectivity index is 0.000000561. The van der Waals surface area contributed by atoms with E-state index in [0.29, 0.717) is 0 Å². The lowest BCUT2D eigenvalue weighted by Crippen LogP contribution is -1.94. The highest BCUT2D eigenvalue weighted by Crippen LogP contribution is 1.95. The molecule has 1 rings (SSSR count). The first-order chi connectivity index (χ1) is 5.88. The zero-order valence-electron chi connectivity index (χ0n) is 7.78. The molecule has 0 aromatic carbocycles. The summed E-state index contributed by atoms with van der Waals surface area (Å²) in [7, 11) is 0. The maximum absolute atomic E-state index is 6.94. The molecule has 1 aromatic rings. The monoisotopic (exact) mass is 165 g/mol. The van der Waals surface area contributed by atoms with E-state index >= 15 is 0 Å². The largest absolute Gasteiger partial charge is 0.291 e. The first kappa shape index (κ1) is 10.6. The number of hydrogen-bond donors (Lipinski definition) is 1. The van der Waals surface area contributed by atoms with Crippen molar-refractivity contribution in [3.8, 4) is 0 Å². The Labute approximate surface area is 73.3 Å². The van der Waals surface area contributed by atoms with Gasteiger partial charge < -0.3 is 0 Å². The van der Waals surface area contributed by atoms with E-state index in [1.165, 1.54) is 6.34 Å². The minimum absolute atomic E-state index is 0.789. The zero-order valence-corrected chi connectivity index (χ0v) is 7.78. The SMILES string of the molecule is C/C=C\c1nccn1C=N.CC. The van der Waals surface area contributed by atoms with Gasteiger partial charge in [0.25, 0.3) is 0 Å². The van der Waals surface area contributed by atoms with Gasteiger partial charge in [0.15, 0.2) is 0 Å². The molecule has 12 heavy (non-hydrogen) atoms. The molecule has 0 radical (unpaired) electrons. The van der Waals surface area contributed by atoms with Crippen LogP contribution in [0, 0.1) is 5.41 Å². The van der Waals surface area contributed by atoms with Crippen molar-refractivity contribution in [3.05, 3.63) is 24.3 Å². The molecule has 0 aliphatic heterocycles. The van der Waals surface area contributed by atoms with Crippen molar-refractivity contribution >= 4 is 12.4 Å². The second-order valence-corrected chi connectivity index (χ2v) is 1.82. The van der Waals surface area contributed by atoms with Gasteiger partial charge in [-0.25, -0.2) is 4.98 Å². The number of imidazole rings is 1. The molecule has 0 spiro atoms. The van der Waals surface area contributed by atoms with Gasteiger partial charge in [0.1, 0.15) is 5.82 Å². The molecule has 0 saturated heterocycles. The Kier molecular flexibility index (Phi) is 5.61. The Morgan fingerprint density at radius 3 is 2.67 bits per heavy atom. The predicted octanol–water partition coefficient (Wildman–Crippen LogP) is 2.40. The van der Waals surface area contributed by atoms with Crippen molar-refractivity contribution in [1.82, 2.24) is 9.55 Å². The van der Waals surface area contributed by atoms with Crippen molar-refractivity contribution < 1.29 is 0 Å². The van der Waals surface area contributed by atoms with Crippen LogP contribution in [0.25, 0.3) is 6.08 Å². The molecule has 1 heterocycles. The van der Waals surface area contributed by atoms with E-state index < -0.39 is 0 Å². The molecule has 1 N–H and O–H groups in total. The van der Waals surface area contributed by atoms with E-state index in [2.05, 4.69) is 4.98 Å². The van der Waals surface area contributed by atoms with E-state index in [0.717, 1.165) is 5.82 Å². The highest BCUT2D eigenvalue weighted by molar-refractivity contribution is 5.59. The second-order valence-electron chi connectivity index (χ2n) is 1.82. The van der Waals surface area contributed by atoms with Crippen LogP contribution in [0.15, 0.2) is 18.5 Å². The van der Waals surface area contributed by atoms with Gasteiger partial charge in [-0.2, -0.15) is 0 Å². The summed E-state index contributed by atoms with van der Waals surface area (Å²) in [5, 5.41) is 6.94. The number of nitrogens with zero attached hydrogens (tertiary/aromatic N) is 2. The minimum atomic E-state index is 0.789. The van der Waals surface area contributed by atoms with E-state index in [4.69, 9.17) is 5.41 Å². The molecule has 3 heteroatoms. The first-order valence-electron chi connectivity index (χ1n) is 4.04. The summed E-state index contributed by atoms with van der Waals surface area (Å²) in [4.78, 5) is 4.00. The van der Waals surface area contributed by atoms with Gasteiger partial charge in [0.2, 0.25) is 0 Å². The molecule has 0 unspecified atom stereocenters. The summed E-state index contributed by atoms with van der Waals surface area (Å²) in [6.07, 6.45) is 8.37. The van der Waals surface area contributed by atoms with Crippen LogP contribution < -0.4 is 0 Å². The molecule has 0 amide bonds. The third-order valence-electron chi connectivity index (χ3n) is 1.15. The Morgan fingerprint density at radius 2 is 2.17 bits per heavy atom. The third-order valence-corrected chi connectivity index (χ3v) is 1.15. The van der Waals surface area contributed by atoms with E-state index in [-0.39, 0.29) is 0 Å². The maximum Gasteiger partial charge on any atom is 0.137 e. The van der Waals surface area contributed by atoms with Crippen LogP contribution in [0.2, 0.25) is 0 Å². The summed E-state index contributed by atoms with van der Waals surface area (Å²) < 4.78 is 1.64. The lowest BCUT2D eigenvalue weighted by Gasteiger charge is -1.91. The van der Waals surface area contributed by atoms with Crippen molar-refractivity contribution in [2.75, 3.05) is 0 Å². The quantitative estimate of drug-likeness (QED) is 0.530. The molecular weight excluding hydrogens is 150 g/mol. The van der Waals surface area contributed by atoms with Gasteiger partial charge in [0, 0.05) is 12.4 Å². The number of hydrogen-bond acceptors (Lipinski definition) is 2. The summed E-state index contributed by atoms with van der Waals surface area (Å²) in [5.41, 5.74) is 0. The predicted molar refractivity (Wildman–Crippen MR) is 52.5 cm³/mol. The molecular formula is C9H15N3. The molecule has 0 aliphatic carbocycles. The molecule has 0 saturated carbocycles. The second kappa shape index (κ2) is 6.34. The Hall–Kier alpha value is -1.38. The fourth-order valence-electron chi connectivity index (χ4n) is 0.712. The van der Waals surface area contributed by atoms with Crippen molar-refractivity contribution in [2.45, 2.75) is 20.8 Å². The molecule has 66 valence electrons. The Bertz CT molecular complexity index is 248. The van der Waals surface area contributed by atoms with Crippen LogP contribution in [0.5, 0.6) is 0 Å². The highest BCUT2D eigenvalue weighted by Gasteiger charge is 1.91. The third kappa shape index (κ3) is 2.70. The summed E-state index contributed by atoms with van der Waals surface area (Å²) in [5.74, 6) is 0.789. The van der Waals surface area contributed by atoms with Gasteiger partial charge in [0.05, 0.1) is 6.34 Å². The molecule has 0 fully saturated rings. The molecule has 1 aromatic heterocycles. The molecule has 0 atom stereocenters. The van der Waals surface area contributed by atoms with E-state index in [9.17, 15) is 0 Å². The molecule has 3 nitrogen and oxygen atoms in total. The topological polar surface area (TPSA) is 41.7 Å². The first-order valence-corrected chi connectivity index (χ1v) is 4.04. The summed E-state index contributed by atoms with van der Waals surface area (Å²) >= 11 is 0. The van der Waals surface area contributed by atoms with E-state index in [1.807, 2.05) is 32.9 Å². The van der Waals surface area contributed by atoms with Crippen molar-refractivity contribution in [1.29, 1.82) is 5.41 Å². The van der Waals surface area contributed by atoms with Crippen LogP contribution in [0.3, 0.4) is 0 Å². The number of rotatable bonds is 2. The normalized spacial score (nSPS) is 9.25. The van der Waals surface area contributed by atoms with Gasteiger partial charge in [-0.15, -0.1) is 0 Å². The van der Waals surface area contributed by atoms with Crippen molar-refractivity contribution in [3.63, 3.8) is 0 Å². The minimum Gasteiger partial charge on any atom is -0.291 e. The number of nitrogens with one attached hydrogen (secondary N) is 1.